The van der Waals surface area contributed by atoms with Crippen LogP contribution in [0, 0.1) is 13.8 Å². The summed E-state index contributed by atoms with van der Waals surface area (Å²) in [7, 11) is 0. The summed E-state index contributed by atoms with van der Waals surface area (Å²) in [5.74, 6) is 0.635. The molecule has 2 heterocycles. The number of nitrogens with zero attached hydrogens (tertiary/aromatic N) is 3. The number of aryl methyl sites for hydroxylation is 2. The fourth-order valence-corrected chi connectivity index (χ4v) is 3.21. The molecule has 0 radical (unpaired) electrons. The molecule has 0 spiro atoms. The number of hydrogen-bond donors (Lipinski definition) is 0. The second kappa shape index (κ2) is 7.95. The highest BCUT2D eigenvalue weighted by molar-refractivity contribution is 5.77. The van der Waals surface area contributed by atoms with E-state index in [0.717, 1.165) is 22.6 Å². The van der Waals surface area contributed by atoms with Gasteiger partial charge in [0.15, 0.2) is 0 Å². The lowest BCUT2D eigenvalue weighted by atomic mass is 9.96. The van der Waals surface area contributed by atoms with Gasteiger partial charge in [0.25, 0.3) is 0 Å². The fraction of sp³-hybridized carbons (Fsp3) is 0.286. The van der Waals surface area contributed by atoms with Gasteiger partial charge < -0.3 is 9.09 Å². The van der Waals surface area contributed by atoms with Crippen LogP contribution in [0.1, 0.15) is 41.8 Å². The molecule has 3 rings (SSSR count). The van der Waals surface area contributed by atoms with E-state index >= 15 is 0 Å². The van der Waals surface area contributed by atoms with Crippen LogP contribution in [0.4, 0.5) is 0 Å². The van der Waals surface area contributed by atoms with Gasteiger partial charge in [-0.1, -0.05) is 48.5 Å². The number of rotatable bonds is 5. The molecule has 0 aliphatic carbocycles. The van der Waals surface area contributed by atoms with Gasteiger partial charge in [0.05, 0.1) is 5.69 Å². The van der Waals surface area contributed by atoms with Crippen molar-refractivity contribution >= 4 is 5.91 Å². The molecule has 134 valence electrons. The first kappa shape index (κ1) is 17.9. The van der Waals surface area contributed by atoms with E-state index in [0.29, 0.717) is 18.5 Å². The standard InChI is InChI=1S/C21H23N3O2/c1-15(21-16(2)23-26-17(21)3)13-20(25)22-19-11-7-8-12-24(19)14-18-9-5-4-6-10-18/h4-12,15H,13-14H2,1-3H3. The van der Waals surface area contributed by atoms with Crippen molar-refractivity contribution in [3.8, 4) is 0 Å². The van der Waals surface area contributed by atoms with E-state index in [4.69, 9.17) is 4.52 Å². The summed E-state index contributed by atoms with van der Waals surface area (Å²) >= 11 is 0. The summed E-state index contributed by atoms with van der Waals surface area (Å²) in [4.78, 5) is 16.9. The number of aromatic nitrogens is 2. The molecule has 5 nitrogen and oxygen atoms in total. The highest BCUT2D eigenvalue weighted by Gasteiger charge is 2.19. The number of pyridine rings is 1. The quantitative estimate of drug-likeness (QED) is 0.704. The number of benzene rings is 1. The van der Waals surface area contributed by atoms with Crippen LogP contribution in [-0.4, -0.2) is 15.6 Å². The Balaban J connectivity index is 1.80. The van der Waals surface area contributed by atoms with Crippen LogP contribution in [-0.2, 0) is 11.3 Å². The van der Waals surface area contributed by atoms with E-state index in [1.807, 2.05) is 67.9 Å². The maximum absolute atomic E-state index is 12.5. The Morgan fingerprint density at radius 3 is 2.58 bits per heavy atom. The fourth-order valence-electron chi connectivity index (χ4n) is 3.21. The van der Waals surface area contributed by atoms with Gasteiger partial charge in [-0.3, -0.25) is 4.79 Å². The molecule has 26 heavy (non-hydrogen) atoms. The lowest BCUT2D eigenvalue weighted by molar-refractivity contribution is -0.118. The third-order valence-electron chi connectivity index (χ3n) is 4.41. The monoisotopic (exact) mass is 349 g/mol. The summed E-state index contributed by atoms with van der Waals surface area (Å²) in [6.07, 6.45) is 2.26. The van der Waals surface area contributed by atoms with E-state index in [2.05, 4.69) is 22.3 Å². The minimum absolute atomic E-state index is 0.0174. The SMILES string of the molecule is Cc1noc(C)c1C(C)CC(=O)N=c1ccccn1Cc1ccccc1. The van der Waals surface area contributed by atoms with Crippen LogP contribution in [0.25, 0.3) is 0 Å². The van der Waals surface area contributed by atoms with Crippen LogP contribution in [0.15, 0.2) is 64.2 Å². The van der Waals surface area contributed by atoms with Gasteiger partial charge in [-0.15, -0.1) is 0 Å². The van der Waals surface area contributed by atoms with Gasteiger partial charge in [-0.2, -0.15) is 4.99 Å². The minimum atomic E-state index is -0.148. The molecule has 1 aromatic carbocycles. The Labute approximate surface area is 153 Å². The third-order valence-corrected chi connectivity index (χ3v) is 4.41. The van der Waals surface area contributed by atoms with E-state index in [-0.39, 0.29) is 11.8 Å². The van der Waals surface area contributed by atoms with Crippen LogP contribution < -0.4 is 5.49 Å². The Morgan fingerprint density at radius 1 is 1.15 bits per heavy atom. The number of hydrogen-bond acceptors (Lipinski definition) is 3. The maximum Gasteiger partial charge on any atom is 0.248 e. The Kier molecular flexibility index (Phi) is 5.46. The van der Waals surface area contributed by atoms with Crippen molar-refractivity contribution in [1.82, 2.24) is 9.72 Å². The first-order valence-corrected chi connectivity index (χ1v) is 8.74. The first-order chi connectivity index (χ1) is 12.5. The Hall–Kier alpha value is -2.95. The molecular weight excluding hydrogens is 326 g/mol. The summed E-state index contributed by atoms with van der Waals surface area (Å²) < 4.78 is 7.19. The molecule has 0 aliphatic heterocycles. The molecule has 0 N–H and O–H groups in total. The lowest BCUT2D eigenvalue weighted by Gasteiger charge is -2.09. The summed E-state index contributed by atoms with van der Waals surface area (Å²) in [5.41, 5.74) is 3.66. The molecule has 0 bridgehead atoms. The van der Waals surface area contributed by atoms with Crippen molar-refractivity contribution < 1.29 is 9.32 Å². The van der Waals surface area contributed by atoms with Gasteiger partial charge in [-0.25, -0.2) is 0 Å². The smallest absolute Gasteiger partial charge is 0.248 e. The molecule has 5 heteroatoms. The lowest BCUT2D eigenvalue weighted by Crippen LogP contribution is -2.22. The largest absolute Gasteiger partial charge is 0.361 e. The Morgan fingerprint density at radius 2 is 1.88 bits per heavy atom. The minimum Gasteiger partial charge on any atom is -0.361 e. The van der Waals surface area contributed by atoms with Crippen molar-refractivity contribution in [2.24, 2.45) is 4.99 Å². The number of amides is 1. The zero-order valence-corrected chi connectivity index (χ0v) is 15.3. The predicted octanol–water partition coefficient (Wildman–Crippen LogP) is 3.76. The van der Waals surface area contributed by atoms with Gasteiger partial charge in [0.2, 0.25) is 5.91 Å². The topological polar surface area (TPSA) is 60.4 Å². The average molecular weight is 349 g/mol. The molecule has 0 saturated heterocycles. The first-order valence-electron chi connectivity index (χ1n) is 8.74. The number of carbonyl (C=O) groups excluding carboxylic acids is 1. The van der Waals surface area contributed by atoms with Crippen LogP contribution in [0.5, 0.6) is 0 Å². The van der Waals surface area contributed by atoms with E-state index in [9.17, 15) is 4.79 Å². The van der Waals surface area contributed by atoms with Crippen molar-refractivity contribution in [3.63, 3.8) is 0 Å². The van der Waals surface area contributed by atoms with Crippen molar-refractivity contribution in [2.75, 3.05) is 0 Å². The summed E-state index contributed by atoms with van der Waals surface area (Å²) in [6.45, 7) is 6.45. The molecule has 0 aliphatic rings. The van der Waals surface area contributed by atoms with E-state index in [1.54, 1.807) is 0 Å². The molecule has 1 atom stereocenters. The molecule has 1 amide bonds. The third kappa shape index (κ3) is 4.17. The molecular formula is C21H23N3O2. The summed E-state index contributed by atoms with van der Waals surface area (Å²) in [6, 6.07) is 15.8. The van der Waals surface area contributed by atoms with E-state index < -0.39 is 0 Å². The highest BCUT2D eigenvalue weighted by atomic mass is 16.5. The normalized spacial score (nSPS) is 13.0. The van der Waals surface area contributed by atoms with Gasteiger partial charge in [-0.05, 0) is 37.5 Å². The summed E-state index contributed by atoms with van der Waals surface area (Å²) in [5, 5.41) is 3.97. The predicted molar refractivity (Wildman–Crippen MR) is 99.6 cm³/mol. The van der Waals surface area contributed by atoms with Crippen LogP contribution >= 0.6 is 0 Å². The molecule has 1 unspecified atom stereocenters. The maximum atomic E-state index is 12.5. The van der Waals surface area contributed by atoms with Gasteiger partial charge >= 0.3 is 0 Å². The zero-order valence-electron chi connectivity index (χ0n) is 15.3. The second-order valence-electron chi connectivity index (χ2n) is 6.52. The molecule has 0 fully saturated rings. The Bertz CT molecular complexity index is 935. The van der Waals surface area contributed by atoms with Crippen LogP contribution in [0.2, 0.25) is 0 Å². The number of carbonyl (C=O) groups is 1. The van der Waals surface area contributed by atoms with Crippen molar-refractivity contribution in [2.45, 2.75) is 39.7 Å². The van der Waals surface area contributed by atoms with Gasteiger partial charge in [0.1, 0.15) is 11.2 Å². The van der Waals surface area contributed by atoms with E-state index in [1.165, 1.54) is 0 Å². The van der Waals surface area contributed by atoms with Gasteiger partial charge in [0, 0.05) is 24.7 Å². The molecule has 3 aromatic rings. The van der Waals surface area contributed by atoms with Crippen LogP contribution in [0.3, 0.4) is 0 Å². The molecule has 2 aromatic heterocycles. The highest BCUT2D eigenvalue weighted by Crippen LogP contribution is 2.25. The van der Waals surface area contributed by atoms with Crippen molar-refractivity contribution in [1.29, 1.82) is 0 Å². The van der Waals surface area contributed by atoms with Crippen molar-refractivity contribution in [3.05, 3.63) is 82.8 Å². The second-order valence-corrected chi connectivity index (χ2v) is 6.52. The zero-order chi connectivity index (χ0) is 18.5. The average Bonchev–Trinajstić information content (AvgIpc) is 2.96. The molecule has 0 saturated carbocycles.